The van der Waals surface area contributed by atoms with Crippen LogP contribution in [0, 0.1) is 5.92 Å². The van der Waals surface area contributed by atoms with Crippen LogP contribution in [0.5, 0.6) is 0 Å². The summed E-state index contributed by atoms with van der Waals surface area (Å²) in [5.41, 5.74) is 2.36. The zero-order chi connectivity index (χ0) is 18.2. The summed E-state index contributed by atoms with van der Waals surface area (Å²) in [5, 5.41) is 3.37. The van der Waals surface area contributed by atoms with Crippen LogP contribution in [0.3, 0.4) is 0 Å². The third kappa shape index (κ3) is 5.37. The summed E-state index contributed by atoms with van der Waals surface area (Å²) in [6.45, 7) is 5.19. The summed E-state index contributed by atoms with van der Waals surface area (Å²) in [4.78, 5) is 20.8. The Kier molecular flexibility index (Phi) is 7.10. The van der Waals surface area contributed by atoms with Crippen LogP contribution in [-0.2, 0) is 16.1 Å². The van der Waals surface area contributed by atoms with E-state index in [-0.39, 0.29) is 11.9 Å². The fourth-order valence-corrected chi connectivity index (χ4v) is 3.02. The maximum Gasteiger partial charge on any atom is 0.308 e. The molecule has 1 aromatic carbocycles. The number of guanidine groups is 1. The second-order valence-electron chi connectivity index (χ2n) is 6.52. The number of benzene rings is 1. The average Bonchev–Trinajstić information content (AvgIpc) is 2.65. The van der Waals surface area contributed by atoms with Crippen molar-refractivity contribution in [3.05, 3.63) is 29.8 Å². The molecule has 0 saturated carbocycles. The van der Waals surface area contributed by atoms with Gasteiger partial charge in [-0.3, -0.25) is 4.79 Å². The Morgan fingerprint density at radius 1 is 1.36 bits per heavy atom. The number of ether oxygens (including phenoxy) is 1. The number of likely N-dealkylation sites (tertiary alicyclic amines) is 1. The molecule has 1 fully saturated rings. The number of rotatable bonds is 5. The van der Waals surface area contributed by atoms with E-state index in [9.17, 15) is 4.79 Å². The molecule has 1 N–H and O–H groups in total. The number of nitrogens with zero attached hydrogens (tertiary/aromatic N) is 3. The van der Waals surface area contributed by atoms with Gasteiger partial charge >= 0.3 is 5.97 Å². The van der Waals surface area contributed by atoms with Crippen LogP contribution in [0.4, 0.5) is 5.69 Å². The van der Waals surface area contributed by atoms with Gasteiger partial charge in [0.2, 0.25) is 0 Å². The van der Waals surface area contributed by atoms with E-state index in [1.165, 1.54) is 18.4 Å². The molecule has 0 amide bonds. The second kappa shape index (κ2) is 9.30. The first-order valence-electron chi connectivity index (χ1n) is 8.92. The summed E-state index contributed by atoms with van der Waals surface area (Å²) in [5.74, 6) is 0.837. The van der Waals surface area contributed by atoms with Gasteiger partial charge in [0.05, 0.1) is 19.6 Å². The maximum absolute atomic E-state index is 11.7. The molecule has 0 aliphatic carbocycles. The van der Waals surface area contributed by atoms with Crippen molar-refractivity contribution in [2.24, 2.45) is 10.9 Å². The highest BCUT2D eigenvalue weighted by Crippen LogP contribution is 2.19. The van der Waals surface area contributed by atoms with Crippen molar-refractivity contribution in [3.63, 3.8) is 0 Å². The molecule has 0 aromatic heterocycles. The molecule has 0 atom stereocenters. The third-order valence-corrected chi connectivity index (χ3v) is 4.50. The molecular weight excluding hydrogens is 316 g/mol. The summed E-state index contributed by atoms with van der Waals surface area (Å²) in [6, 6.07) is 8.42. The summed E-state index contributed by atoms with van der Waals surface area (Å²) < 4.78 is 4.86. The van der Waals surface area contributed by atoms with Crippen molar-refractivity contribution < 1.29 is 9.53 Å². The SMILES string of the molecule is CCNC(=NCc1cccc(N(C)C)c1)N1CCC(C(=O)OC)CC1. The van der Waals surface area contributed by atoms with Crippen molar-refractivity contribution >= 4 is 17.6 Å². The van der Waals surface area contributed by atoms with Crippen molar-refractivity contribution in [2.75, 3.05) is 45.7 Å². The fourth-order valence-electron chi connectivity index (χ4n) is 3.02. The minimum Gasteiger partial charge on any atom is -0.469 e. The molecule has 1 aromatic rings. The van der Waals surface area contributed by atoms with E-state index in [4.69, 9.17) is 9.73 Å². The van der Waals surface area contributed by atoms with E-state index in [0.29, 0.717) is 6.54 Å². The lowest BCUT2D eigenvalue weighted by molar-refractivity contribution is -0.146. The fraction of sp³-hybridized carbons (Fsp3) is 0.579. The highest BCUT2D eigenvalue weighted by Gasteiger charge is 2.26. The number of carbonyl (C=O) groups is 1. The van der Waals surface area contributed by atoms with E-state index >= 15 is 0 Å². The van der Waals surface area contributed by atoms with E-state index in [2.05, 4.69) is 46.3 Å². The number of aliphatic imine (C=N–C) groups is 1. The third-order valence-electron chi connectivity index (χ3n) is 4.50. The Morgan fingerprint density at radius 3 is 2.68 bits per heavy atom. The second-order valence-corrected chi connectivity index (χ2v) is 6.52. The molecule has 0 bridgehead atoms. The minimum absolute atomic E-state index is 0.0147. The van der Waals surface area contributed by atoms with Gasteiger partial charge in [-0.25, -0.2) is 4.99 Å². The van der Waals surface area contributed by atoms with E-state index < -0.39 is 0 Å². The first-order chi connectivity index (χ1) is 12.0. The number of hydrogen-bond acceptors (Lipinski definition) is 4. The lowest BCUT2D eigenvalue weighted by Gasteiger charge is -2.33. The first kappa shape index (κ1) is 19.1. The lowest BCUT2D eigenvalue weighted by Crippen LogP contribution is -2.46. The zero-order valence-corrected chi connectivity index (χ0v) is 15.8. The first-order valence-corrected chi connectivity index (χ1v) is 8.92. The topological polar surface area (TPSA) is 57.2 Å². The minimum atomic E-state index is -0.0953. The Hall–Kier alpha value is -2.24. The van der Waals surface area contributed by atoms with Crippen LogP contribution < -0.4 is 10.2 Å². The summed E-state index contributed by atoms with van der Waals surface area (Å²) >= 11 is 0. The van der Waals surface area contributed by atoms with Gasteiger partial charge in [0, 0.05) is 39.4 Å². The number of anilines is 1. The largest absolute Gasteiger partial charge is 0.469 e. The quantitative estimate of drug-likeness (QED) is 0.503. The van der Waals surface area contributed by atoms with Gasteiger partial charge in [-0.05, 0) is 37.5 Å². The predicted molar refractivity (Wildman–Crippen MR) is 102 cm³/mol. The van der Waals surface area contributed by atoms with Crippen molar-refractivity contribution in [3.8, 4) is 0 Å². The van der Waals surface area contributed by atoms with Gasteiger partial charge in [0.25, 0.3) is 0 Å². The molecule has 1 aliphatic heterocycles. The van der Waals surface area contributed by atoms with Crippen LogP contribution in [0.25, 0.3) is 0 Å². The Morgan fingerprint density at radius 2 is 2.08 bits per heavy atom. The molecule has 2 rings (SSSR count). The summed E-state index contributed by atoms with van der Waals surface area (Å²) in [6.07, 6.45) is 1.63. The Bertz CT molecular complexity index is 593. The average molecular weight is 346 g/mol. The number of nitrogens with one attached hydrogen (secondary N) is 1. The number of esters is 1. The van der Waals surface area contributed by atoms with Gasteiger partial charge < -0.3 is 19.9 Å². The van der Waals surface area contributed by atoms with Crippen molar-refractivity contribution in [1.82, 2.24) is 10.2 Å². The number of piperidine rings is 1. The van der Waals surface area contributed by atoms with E-state index in [1.54, 1.807) is 0 Å². The van der Waals surface area contributed by atoms with Gasteiger partial charge in [-0.15, -0.1) is 0 Å². The van der Waals surface area contributed by atoms with Crippen molar-refractivity contribution in [1.29, 1.82) is 0 Å². The molecule has 0 spiro atoms. The van der Waals surface area contributed by atoms with Gasteiger partial charge in [-0.2, -0.15) is 0 Å². The Labute approximate surface area is 150 Å². The highest BCUT2D eigenvalue weighted by atomic mass is 16.5. The van der Waals surface area contributed by atoms with Gasteiger partial charge in [0.15, 0.2) is 5.96 Å². The van der Waals surface area contributed by atoms with Gasteiger partial charge in [0.1, 0.15) is 0 Å². The standard InChI is InChI=1S/C19H30N4O2/c1-5-20-19(23-11-9-16(10-12-23)18(24)25-4)21-14-15-7-6-8-17(13-15)22(2)3/h6-8,13,16H,5,9-12,14H2,1-4H3,(H,20,21). The van der Waals surface area contributed by atoms with Gasteiger partial charge in [-0.1, -0.05) is 12.1 Å². The highest BCUT2D eigenvalue weighted by molar-refractivity contribution is 5.80. The number of carbonyl (C=O) groups excluding carboxylic acids is 1. The van der Waals surface area contributed by atoms with E-state index in [1.807, 2.05) is 14.1 Å². The van der Waals surface area contributed by atoms with Crippen LogP contribution in [0.2, 0.25) is 0 Å². The molecule has 6 heteroatoms. The number of methoxy groups -OCH3 is 1. The smallest absolute Gasteiger partial charge is 0.308 e. The van der Waals surface area contributed by atoms with Crippen LogP contribution in [0.1, 0.15) is 25.3 Å². The molecule has 6 nitrogen and oxygen atoms in total. The maximum atomic E-state index is 11.7. The predicted octanol–water partition coefficient (Wildman–Crippen LogP) is 2.10. The molecule has 1 saturated heterocycles. The summed E-state index contributed by atoms with van der Waals surface area (Å²) in [7, 11) is 5.54. The van der Waals surface area contributed by atoms with Crippen LogP contribution >= 0.6 is 0 Å². The molecule has 0 unspecified atom stereocenters. The van der Waals surface area contributed by atoms with Crippen LogP contribution in [-0.4, -0.2) is 57.7 Å². The zero-order valence-electron chi connectivity index (χ0n) is 15.8. The molecule has 1 aliphatic rings. The van der Waals surface area contributed by atoms with Crippen LogP contribution in [0.15, 0.2) is 29.3 Å². The Balaban J connectivity index is 2.01. The monoisotopic (exact) mass is 346 g/mol. The molecule has 1 heterocycles. The lowest BCUT2D eigenvalue weighted by atomic mass is 9.97. The van der Waals surface area contributed by atoms with E-state index in [0.717, 1.165) is 38.4 Å². The van der Waals surface area contributed by atoms with Crippen molar-refractivity contribution in [2.45, 2.75) is 26.3 Å². The normalized spacial score (nSPS) is 15.8. The molecule has 138 valence electrons. The number of hydrogen-bond donors (Lipinski definition) is 1. The molecule has 0 radical (unpaired) electrons. The molecule has 25 heavy (non-hydrogen) atoms. The molecular formula is C19H30N4O2.